The lowest BCUT2D eigenvalue weighted by Gasteiger charge is -2.11. The summed E-state index contributed by atoms with van der Waals surface area (Å²) in [5.41, 5.74) is 3.55. The molecule has 1 rings (SSSR count). The molecule has 1 nitrogen and oxygen atoms in total. The van der Waals surface area contributed by atoms with Gasteiger partial charge in [0, 0.05) is 17.1 Å². The highest BCUT2D eigenvalue weighted by Gasteiger charge is 2.08. The van der Waals surface area contributed by atoms with Crippen molar-refractivity contribution in [1.82, 2.24) is 0 Å². The van der Waals surface area contributed by atoms with Crippen molar-refractivity contribution in [2.45, 2.75) is 122 Å². The molecule has 0 atom stereocenters. The number of hydrogen-bond acceptors (Lipinski definition) is 3. The van der Waals surface area contributed by atoms with Crippen molar-refractivity contribution in [3.63, 3.8) is 0 Å². The van der Waals surface area contributed by atoms with E-state index in [1.807, 2.05) is 18.7 Å². The molecule has 0 aliphatic carbocycles. The second-order valence-electron chi connectivity index (χ2n) is 8.77. The molecule has 0 radical (unpaired) electrons. The topological polar surface area (TPSA) is 20.2 Å². The van der Waals surface area contributed by atoms with Crippen molar-refractivity contribution >= 4 is 23.5 Å². The minimum absolute atomic E-state index is 0.517. The molecular weight excluding hydrogens is 404 g/mol. The van der Waals surface area contributed by atoms with Crippen LogP contribution in [0.3, 0.4) is 0 Å². The second-order valence-corrected chi connectivity index (χ2v) is 11.0. The van der Waals surface area contributed by atoms with Crippen LogP contribution in [-0.2, 0) is 11.5 Å². The summed E-state index contributed by atoms with van der Waals surface area (Å²) in [6.07, 6.45) is 19.3. The third-order valence-electron chi connectivity index (χ3n) is 5.75. The van der Waals surface area contributed by atoms with Crippen molar-refractivity contribution < 1.29 is 5.11 Å². The van der Waals surface area contributed by atoms with Crippen molar-refractivity contribution in [2.75, 3.05) is 11.5 Å². The van der Waals surface area contributed by atoms with Crippen LogP contribution in [0.15, 0.2) is 12.1 Å². The summed E-state index contributed by atoms with van der Waals surface area (Å²) in [5.74, 6) is 5.01. The van der Waals surface area contributed by atoms with Gasteiger partial charge < -0.3 is 5.11 Å². The predicted octanol–water partition coefficient (Wildman–Crippen LogP) is 9.67. The summed E-state index contributed by atoms with van der Waals surface area (Å²) in [5, 5.41) is 10.5. The van der Waals surface area contributed by atoms with Gasteiger partial charge in [0.05, 0.1) is 0 Å². The molecule has 1 aromatic rings. The molecule has 0 unspecified atom stereocenters. The highest BCUT2D eigenvalue weighted by molar-refractivity contribution is 7.98. The first kappa shape index (κ1) is 27.8. The van der Waals surface area contributed by atoms with E-state index in [1.54, 1.807) is 0 Å². The summed E-state index contributed by atoms with van der Waals surface area (Å²) in [7, 11) is 0. The molecule has 0 amide bonds. The van der Waals surface area contributed by atoms with Crippen molar-refractivity contribution in [1.29, 1.82) is 0 Å². The Morgan fingerprint density at radius 3 is 1.63 bits per heavy atom. The maximum atomic E-state index is 10.5. The molecule has 0 spiro atoms. The smallest absolute Gasteiger partial charge is 0.122 e. The van der Waals surface area contributed by atoms with Crippen molar-refractivity contribution in [2.24, 2.45) is 0 Å². The van der Waals surface area contributed by atoms with Gasteiger partial charge in [-0.3, -0.25) is 0 Å². The van der Waals surface area contributed by atoms with Crippen LogP contribution in [0.25, 0.3) is 0 Å². The van der Waals surface area contributed by atoms with E-state index in [0.29, 0.717) is 5.75 Å². The number of hydrogen-bond donors (Lipinski definition) is 1. The standard InChI is InChI=1S/C27H48OS2/c1-4-6-8-10-12-14-16-18-29-22-25-20-24(3)27(28)26(21-25)23-30-19-17-15-13-11-9-7-5-2/h20-21,28H,4-19,22-23H2,1-3H3. The van der Waals surface area contributed by atoms with E-state index >= 15 is 0 Å². The molecule has 3 heteroatoms. The van der Waals surface area contributed by atoms with E-state index in [-0.39, 0.29) is 0 Å². The van der Waals surface area contributed by atoms with E-state index in [2.05, 4.69) is 37.7 Å². The van der Waals surface area contributed by atoms with Crippen LogP contribution >= 0.6 is 23.5 Å². The fraction of sp³-hybridized carbons (Fsp3) is 0.778. The van der Waals surface area contributed by atoms with Crippen molar-refractivity contribution in [3.8, 4) is 5.75 Å². The second kappa shape index (κ2) is 19.4. The van der Waals surface area contributed by atoms with Crippen LogP contribution in [0.1, 0.15) is 120 Å². The van der Waals surface area contributed by atoms with E-state index in [4.69, 9.17) is 0 Å². The molecule has 0 saturated heterocycles. The van der Waals surface area contributed by atoms with E-state index in [1.165, 1.54) is 107 Å². The summed E-state index contributed by atoms with van der Waals surface area (Å²) in [6.45, 7) is 6.60. The number of phenolic OH excluding ortho intramolecular Hbond substituents is 1. The summed E-state index contributed by atoms with van der Waals surface area (Å²) in [4.78, 5) is 0. The molecule has 30 heavy (non-hydrogen) atoms. The van der Waals surface area contributed by atoms with Crippen LogP contribution < -0.4 is 0 Å². The van der Waals surface area contributed by atoms with Gasteiger partial charge in [-0.25, -0.2) is 0 Å². The zero-order valence-corrected chi connectivity index (χ0v) is 21.8. The quantitative estimate of drug-likeness (QED) is 0.199. The summed E-state index contributed by atoms with van der Waals surface area (Å²) in [6, 6.07) is 4.43. The molecule has 0 saturated carbocycles. The third-order valence-corrected chi connectivity index (χ3v) is 7.96. The maximum Gasteiger partial charge on any atom is 0.122 e. The Morgan fingerprint density at radius 2 is 1.10 bits per heavy atom. The number of rotatable bonds is 20. The van der Waals surface area contributed by atoms with Gasteiger partial charge >= 0.3 is 0 Å². The first-order valence-corrected chi connectivity index (χ1v) is 15.0. The monoisotopic (exact) mass is 452 g/mol. The van der Waals surface area contributed by atoms with E-state index in [0.717, 1.165) is 22.6 Å². The predicted molar refractivity (Wildman–Crippen MR) is 141 cm³/mol. The first-order chi connectivity index (χ1) is 14.7. The average Bonchev–Trinajstić information content (AvgIpc) is 2.74. The largest absolute Gasteiger partial charge is 0.507 e. The van der Waals surface area contributed by atoms with Crippen LogP contribution in [0.2, 0.25) is 0 Å². The number of unbranched alkanes of at least 4 members (excludes halogenated alkanes) is 12. The van der Waals surface area contributed by atoms with Gasteiger partial charge in [-0.05, 0) is 42.4 Å². The average molecular weight is 453 g/mol. The SMILES string of the molecule is CCCCCCCCCSCc1cc(C)c(O)c(CSCCCCCCCCC)c1. The van der Waals surface area contributed by atoms with Gasteiger partial charge in [0.25, 0.3) is 0 Å². The van der Waals surface area contributed by atoms with E-state index in [9.17, 15) is 5.11 Å². The van der Waals surface area contributed by atoms with Gasteiger partial charge in [0.1, 0.15) is 5.75 Å². The minimum Gasteiger partial charge on any atom is -0.507 e. The zero-order chi connectivity index (χ0) is 21.9. The highest BCUT2D eigenvalue weighted by Crippen LogP contribution is 2.29. The van der Waals surface area contributed by atoms with Crippen LogP contribution in [-0.4, -0.2) is 16.6 Å². The molecule has 0 fully saturated rings. The molecule has 1 aromatic carbocycles. The summed E-state index contributed by atoms with van der Waals surface area (Å²) < 4.78 is 0. The van der Waals surface area contributed by atoms with Gasteiger partial charge in [0.2, 0.25) is 0 Å². The molecule has 0 aliphatic rings. The summed E-state index contributed by atoms with van der Waals surface area (Å²) >= 11 is 4.03. The number of phenols is 1. The van der Waals surface area contributed by atoms with Gasteiger partial charge in [-0.1, -0.05) is 103 Å². The molecule has 0 aromatic heterocycles. The normalized spacial score (nSPS) is 11.3. The van der Waals surface area contributed by atoms with Crippen molar-refractivity contribution in [3.05, 3.63) is 28.8 Å². The molecule has 0 heterocycles. The van der Waals surface area contributed by atoms with E-state index < -0.39 is 0 Å². The number of thioether (sulfide) groups is 2. The zero-order valence-electron chi connectivity index (χ0n) is 20.1. The Labute approximate surface area is 196 Å². The lowest BCUT2D eigenvalue weighted by Crippen LogP contribution is -1.92. The Balaban J connectivity index is 2.19. The molecule has 0 aliphatic heterocycles. The number of aromatic hydroxyl groups is 1. The number of aryl methyl sites for hydroxylation is 1. The van der Waals surface area contributed by atoms with Gasteiger partial charge in [0.15, 0.2) is 0 Å². The van der Waals surface area contributed by atoms with Gasteiger partial charge in [-0.2, -0.15) is 23.5 Å². The first-order valence-electron chi connectivity index (χ1n) is 12.7. The maximum absolute atomic E-state index is 10.5. The Morgan fingerprint density at radius 1 is 0.633 bits per heavy atom. The fourth-order valence-corrected chi connectivity index (χ4v) is 5.77. The fourth-order valence-electron chi connectivity index (χ4n) is 3.82. The lowest BCUT2D eigenvalue weighted by molar-refractivity contribution is 0.466. The Hall–Kier alpha value is -0.280. The molecular formula is C27H48OS2. The van der Waals surface area contributed by atoms with Crippen LogP contribution in [0, 0.1) is 6.92 Å². The molecule has 174 valence electrons. The third kappa shape index (κ3) is 13.9. The highest BCUT2D eigenvalue weighted by atomic mass is 32.2. The number of benzene rings is 1. The van der Waals surface area contributed by atoms with Gasteiger partial charge in [-0.15, -0.1) is 0 Å². The van der Waals surface area contributed by atoms with Crippen LogP contribution in [0.4, 0.5) is 0 Å². The Kier molecular flexibility index (Phi) is 18.0. The Bertz CT molecular complexity index is 530. The molecule has 1 N–H and O–H groups in total. The lowest BCUT2D eigenvalue weighted by atomic mass is 10.1. The van der Waals surface area contributed by atoms with Crippen LogP contribution in [0.5, 0.6) is 5.75 Å². The molecule has 0 bridgehead atoms. The minimum atomic E-state index is 0.517.